The highest BCUT2D eigenvalue weighted by atomic mass is 16.1. The molecule has 0 saturated carbocycles. The van der Waals surface area contributed by atoms with Gasteiger partial charge in [0.2, 0.25) is 0 Å². The van der Waals surface area contributed by atoms with Crippen molar-refractivity contribution >= 4 is 5.78 Å². The first-order valence-corrected chi connectivity index (χ1v) is 5.29. The highest BCUT2D eigenvalue weighted by molar-refractivity contribution is 5.93. The summed E-state index contributed by atoms with van der Waals surface area (Å²) in [5.41, 5.74) is 1.98. The van der Waals surface area contributed by atoms with Crippen LogP contribution in [0.3, 0.4) is 0 Å². The van der Waals surface area contributed by atoms with Gasteiger partial charge in [0, 0.05) is 37.7 Å². The maximum atomic E-state index is 11.1. The fourth-order valence-corrected chi connectivity index (χ4v) is 1.65. The zero-order valence-electron chi connectivity index (χ0n) is 9.55. The molecule has 0 bridgehead atoms. The summed E-state index contributed by atoms with van der Waals surface area (Å²) in [7, 11) is 1.91. The summed E-state index contributed by atoms with van der Waals surface area (Å²) in [5, 5.41) is 4.12. The van der Waals surface area contributed by atoms with E-state index in [1.54, 1.807) is 11.6 Å². The minimum atomic E-state index is 0.111. The number of ketones is 1. The van der Waals surface area contributed by atoms with Gasteiger partial charge in [0.15, 0.2) is 5.78 Å². The zero-order chi connectivity index (χ0) is 11.5. The van der Waals surface area contributed by atoms with E-state index in [0.29, 0.717) is 0 Å². The third-order valence-corrected chi connectivity index (χ3v) is 2.57. The Hall–Kier alpha value is -1.84. The quantitative estimate of drug-likeness (QED) is 0.731. The molecule has 0 aliphatic carbocycles. The molecule has 0 N–H and O–H groups in total. The first-order valence-electron chi connectivity index (χ1n) is 5.29. The van der Waals surface area contributed by atoms with Gasteiger partial charge in [0.1, 0.15) is 0 Å². The van der Waals surface area contributed by atoms with E-state index < -0.39 is 0 Å². The smallest absolute Gasteiger partial charge is 0.161 e. The van der Waals surface area contributed by atoms with Gasteiger partial charge < -0.3 is 4.57 Å². The van der Waals surface area contributed by atoms with E-state index >= 15 is 0 Å². The summed E-state index contributed by atoms with van der Waals surface area (Å²) >= 11 is 0. The maximum Gasteiger partial charge on any atom is 0.161 e. The second kappa shape index (κ2) is 4.35. The molecule has 0 atom stereocenters. The number of hydrogen-bond donors (Lipinski definition) is 0. The second-order valence-electron chi connectivity index (χ2n) is 3.97. The lowest BCUT2D eigenvalue weighted by molar-refractivity contribution is 0.101. The van der Waals surface area contributed by atoms with Crippen LogP contribution in [0.1, 0.15) is 22.8 Å². The van der Waals surface area contributed by atoms with Crippen molar-refractivity contribution in [3.05, 3.63) is 42.0 Å². The molecule has 16 heavy (non-hydrogen) atoms. The molecule has 84 valence electrons. The van der Waals surface area contributed by atoms with Crippen LogP contribution in [0.15, 0.2) is 30.9 Å². The molecule has 0 radical (unpaired) electrons. The van der Waals surface area contributed by atoms with Crippen molar-refractivity contribution in [2.45, 2.75) is 19.9 Å². The Kier molecular flexibility index (Phi) is 2.90. The summed E-state index contributed by atoms with van der Waals surface area (Å²) in [6.07, 6.45) is 8.64. The molecule has 0 unspecified atom stereocenters. The topological polar surface area (TPSA) is 39.8 Å². The number of Topliss-reactive ketones (excluding diaryl/α,β-unsaturated/α-hetero) is 1. The Balaban J connectivity index is 1.97. The zero-order valence-corrected chi connectivity index (χ0v) is 9.55. The number of hydrogen-bond acceptors (Lipinski definition) is 2. The lowest BCUT2D eigenvalue weighted by Gasteiger charge is -1.99. The Morgan fingerprint density at radius 2 is 2.25 bits per heavy atom. The van der Waals surface area contributed by atoms with Crippen molar-refractivity contribution in [1.82, 2.24) is 14.3 Å². The lowest BCUT2D eigenvalue weighted by Crippen LogP contribution is -1.98. The van der Waals surface area contributed by atoms with Crippen molar-refractivity contribution in [3.63, 3.8) is 0 Å². The molecule has 2 rings (SSSR count). The van der Waals surface area contributed by atoms with Crippen LogP contribution < -0.4 is 0 Å². The fraction of sp³-hybridized carbons (Fsp3) is 0.333. The van der Waals surface area contributed by atoms with Gasteiger partial charge >= 0.3 is 0 Å². The molecule has 2 aromatic heterocycles. The molecule has 4 heteroatoms. The number of aryl methyl sites for hydroxylation is 3. The number of aromatic nitrogens is 3. The number of carbonyl (C=O) groups is 1. The predicted molar refractivity (Wildman–Crippen MR) is 61.3 cm³/mol. The fourth-order valence-electron chi connectivity index (χ4n) is 1.65. The molecule has 0 amide bonds. The Bertz CT molecular complexity index is 496. The summed E-state index contributed by atoms with van der Waals surface area (Å²) in [6.45, 7) is 2.46. The largest absolute Gasteiger partial charge is 0.353 e. The van der Waals surface area contributed by atoms with Crippen molar-refractivity contribution < 1.29 is 4.79 Å². The minimum Gasteiger partial charge on any atom is -0.353 e. The van der Waals surface area contributed by atoms with Crippen molar-refractivity contribution in [1.29, 1.82) is 0 Å². The van der Waals surface area contributed by atoms with Gasteiger partial charge in [-0.2, -0.15) is 5.10 Å². The molecule has 2 heterocycles. The first-order chi connectivity index (χ1) is 7.65. The van der Waals surface area contributed by atoms with Crippen LogP contribution in [0.2, 0.25) is 0 Å². The van der Waals surface area contributed by atoms with Crippen LogP contribution >= 0.6 is 0 Å². The Labute approximate surface area is 94.5 Å². The molecule has 0 aliphatic heterocycles. The number of nitrogens with zero attached hydrogens (tertiary/aromatic N) is 3. The molecule has 0 aliphatic rings. The second-order valence-corrected chi connectivity index (χ2v) is 3.97. The normalized spacial score (nSPS) is 10.6. The van der Waals surface area contributed by atoms with Gasteiger partial charge in [-0.1, -0.05) is 0 Å². The minimum absolute atomic E-state index is 0.111. The van der Waals surface area contributed by atoms with Gasteiger partial charge in [-0.3, -0.25) is 9.48 Å². The average molecular weight is 217 g/mol. The van der Waals surface area contributed by atoms with Crippen molar-refractivity contribution in [2.75, 3.05) is 0 Å². The molecule has 0 saturated heterocycles. The van der Waals surface area contributed by atoms with E-state index in [1.807, 2.05) is 42.5 Å². The van der Waals surface area contributed by atoms with E-state index in [2.05, 4.69) is 5.10 Å². The summed E-state index contributed by atoms with van der Waals surface area (Å²) in [5.74, 6) is 0.111. The number of rotatable bonds is 4. The van der Waals surface area contributed by atoms with Crippen molar-refractivity contribution in [3.8, 4) is 0 Å². The SMILES string of the molecule is CC(=O)c1ccn(CCc2cnn(C)c2)c1. The average Bonchev–Trinajstić information content (AvgIpc) is 2.83. The van der Waals surface area contributed by atoms with Gasteiger partial charge in [0.05, 0.1) is 6.20 Å². The molecule has 0 aromatic carbocycles. The van der Waals surface area contributed by atoms with Crippen LogP contribution in [-0.2, 0) is 20.0 Å². The van der Waals surface area contributed by atoms with E-state index in [0.717, 1.165) is 18.5 Å². The summed E-state index contributed by atoms with van der Waals surface area (Å²) in [6, 6.07) is 1.85. The highest BCUT2D eigenvalue weighted by Gasteiger charge is 2.02. The molecular formula is C12H15N3O. The first kappa shape index (κ1) is 10.7. The Morgan fingerprint density at radius 3 is 2.81 bits per heavy atom. The molecular weight excluding hydrogens is 202 g/mol. The third-order valence-electron chi connectivity index (χ3n) is 2.57. The van der Waals surface area contributed by atoms with E-state index in [4.69, 9.17) is 0 Å². The van der Waals surface area contributed by atoms with Crippen LogP contribution in [-0.4, -0.2) is 20.1 Å². The standard InChI is InChI=1S/C12H15N3O/c1-10(16)12-4-6-15(9-12)5-3-11-7-13-14(2)8-11/h4,6-9H,3,5H2,1-2H3. The van der Waals surface area contributed by atoms with E-state index in [1.165, 1.54) is 5.56 Å². The number of carbonyl (C=O) groups excluding carboxylic acids is 1. The third kappa shape index (κ3) is 2.39. The van der Waals surface area contributed by atoms with Crippen LogP contribution in [0.25, 0.3) is 0 Å². The lowest BCUT2D eigenvalue weighted by atomic mass is 10.2. The van der Waals surface area contributed by atoms with Gasteiger partial charge in [-0.25, -0.2) is 0 Å². The van der Waals surface area contributed by atoms with Gasteiger partial charge in [-0.15, -0.1) is 0 Å². The van der Waals surface area contributed by atoms with Crippen LogP contribution in [0.4, 0.5) is 0 Å². The van der Waals surface area contributed by atoms with Gasteiger partial charge in [0.25, 0.3) is 0 Å². The highest BCUT2D eigenvalue weighted by Crippen LogP contribution is 2.05. The molecule has 2 aromatic rings. The molecule has 0 fully saturated rings. The maximum absolute atomic E-state index is 11.1. The van der Waals surface area contributed by atoms with E-state index in [-0.39, 0.29) is 5.78 Å². The summed E-state index contributed by atoms with van der Waals surface area (Å²) < 4.78 is 3.83. The van der Waals surface area contributed by atoms with E-state index in [9.17, 15) is 4.79 Å². The summed E-state index contributed by atoms with van der Waals surface area (Å²) in [4.78, 5) is 11.1. The van der Waals surface area contributed by atoms with Crippen LogP contribution in [0.5, 0.6) is 0 Å². The Morgan fingerprint density at radius 1 is 1.44 bits per heavy atom. The van der Waals surface area contributed by atoms with Crippen LogP contribution in [0, 0.1) is 0 Å². The van der Waals surface area contributed by atoms with Gasteiger partial charge in [-0.05, 0) is 25.0 Å². The molecule has 4 nitrogen and oxygen atoms in total. The monoisotopic (exact) mass is 217 g/mol. The molecule has 0 spiro atoms. The van der Waals surface area contributed by atoms with Crippen molar-refractivity contribution in [2.24, 2.45) is 7.05 Å². The predicted octanol–water partition coefficient (Wildman–Crippen LogP) is 1.67.